The maximum absolute atomic E-state index is 16.5. The van der Waals surface area contributed by atoms with E-state index in [1.807, 2.05) is 44.2 Å². The van der Waals surface area contributed by atoms with E-state index in [0.717, 1.165) is 24.0 Å². The predicted molar refractivity (Wildman–Crippen MR) is 237 cm³/mol. The highest BCUT2D eigenvalue weighted by Crippen LogP contribution is 2.53. The summed E-state index contributed by atoms with van der Waals surface area (Å²) in [5.74, 6) is -2.92. The number of carbonyl (C=O) groups is 4. The second-order valence-corrected chi connectivity index (χ2v) is 17.1. The molecule has 2 fully saturated rings. The maximum Gasteiger partial charge on any atom is 0.407 e. The van der Waals surface area contributed by atoms with E-state index in [0.29, 0.717) is 76.8 Å². The van der Waals surface area contributed by atoms with Gasteiger partial charge in [0.15, 0.2) is 0 Å². The lowest BCUT2D eigenvalue weighted by Gasteiger charge is -2.30. The first-order valence-corrected chi connectivity index (χ1v) is 21.7. The zero-order valence-electron chi connectivity index (χ0n) is 36.0. The number of halogens is 2. The molecule has 5 N–H and O–H groups in total. The lowest BCUT2D eigenvalue weighted by atomic mass is 9.97. The van der Waals surface area contributed by atoms with Crippen LogP contribution in [-0.4, -0.2) is 85.1 Å². The topological polar surface area (TPSA) is 186 Å². The van der Waals surface area contributed by atoms with Crippen molar-refractivity contribution in [2.24, 2.45) is 5.92 Å². The van der Waals surface area contributed by atoms with Crippen molar-refractivity contribution in [3.63, 3.8) is 0 Å². The molecule has 2 aromatic heterocycles. The number of alkyl carbamates (subject to hydrolysis) is 1. The van der Waals surface area contributed by atoms with Crippen molar-refractivity contribution >= 4 is 24.0 Å². The van der Waals surface area contributed by atoms with Crippen LogP contribution in [0.2, 0.25) is 0 Å². The van der Waals surface area contributed by atoms with Crippen molar-refractivity contribution in [2.75, 3.05) is 20.2 Å². The molecule has 0 radical (unpaired) electrons. The predicted octanol–water partition coefficient (Wildman–Crippen LogP) is 8.97. The van der Waals surface area contributed by atoms with Gasteiger partial charge in [-0.1, -0.05) is 92.7 Å². The number of ether oxygens (including phenoxy) is 1. The van der Waals surface area contributed by atoms with E-state index in [-0.39, 0.29) is 40.9 Å². The number of nitrogens with one attached hydrogen (secondary N) is 4. The summed E-state index contributed by atoms with van der Waals surface area (Å²) in [7, 11) is 1.25. The number of imidazole rings is 2. The number of H-pyrrole nitrogens is 2. The van der Waals surface area contributed by atoms with Gasteiger partial charge in [-0.3, -0.25) is 9.59 Å². The molecule has 0 saturated carbocycles. The third-order valence-electron chi connectivity index (χ3n) is 12.8. The number of amides is 4. The number of alkyl halides is 2. The Hall–Kier alpha value is -7.36. The lowest BCUT2D eigenvalue weighted by Crippen LogP contribution is -2.51. The Morgan fingerprint density at radius 2 is 1.25 bits per heavy atom. The van der Waals surface area contributed by atoms with Gasteiger partial charge in [-0.15, -0.1) is 0 Å². The highest BCUT2D eigenvalue weighted by molar-refractivity contribution is 5.88. The van der Waals surface area contributed by atoms with Crippen LogP contribution in [-0.2, 0) is 20.2 Å². The number of hydrogen-bond donors (Lipinski definition) is 5. The first-order valence-electron chi connectivity index (χ1n) is 21.7. The van der Waals surface area contributed by atoms with Crippen LogP contribution in [0, 0.1) is 5.92 Å². The number of benzene rings is 4. The molecule has 0 bridgehead atoms. The van der Waals surface area contributed by atoms with Gasteiger partial charge in [0.05, 0.1) is 43.0 Å². The smallest absolute Gasteiger partial charge is 0.407 e. The second-order valence-electron chi connectivity index (χ2n) is 17.1. The number of rotatable bonds is 11. The molecule has 4 aromatic carbocycles. The molecule has 14 nitrogen and oxygen atoms in total. The molecule has 4 amide bonds. The van der Waals surface area contributed by atoms with Gasteiger partial charge in [0.1, 0.15) is 23.7 Å². The first kappa shape index (κ1) is 42.9. The Bertz CT molecular complexity index is 2770. The van der Waals surface area contributed by atoms with Crippen LogP contribution in [0.25, 0.3) is 44.8 Å². The minimum atomic E-state index is -3.28. The third-order valence-corrected chi connectivity index (χ3v) is 12.8. The maximum atomic E-state index is 16.5. The molecule has 334 valence electrons. The van der Waals surface area contributed by atoms with Crippen molar-refractivity contribution in [3.8, 4) is 44.8 Å². The fraction of sp³-hybridized carbons (Fsp3) is 0.306. The first-order chi connectivity index (χ1) is 31.3. The van der Waals surface area contributed by atoms with Gasteiger partial charge in [0.25, 0.3) is 11.8 Å². The Labute approximate surface area is 373 Å². The van der Waals surface area contributed by atoms with E-state index in [1.165, 1.54) is 13.2 Å². The summed E-state index contributed by atoms with van der Waals surface area (Å²) in [4.78, 5) is 70.3. The summed E-state index contributed by atoms with van der Waals surface area (Å²) >= 11 is 0. The van der Waals surface area contributed by atoms with E-state index in [4.69, 9.17) is 4.74 Å². The van der Waals surface area contributed by atoms with Crippen LogP contribution < -0.4 is 10.6 Å². The van der Waals surface area contributed by atoms with Crippen LogP contribution in [0.15, 0.2) is 103 Å². The highest BCUT2D eigenvalue weighted by atomic mass is 19.3. The molecule has 4 atom stereocenters. The molecule has 9 rings (SSSR count). The molecule has 0 unspecified atom stereocenters. The fourth-order valence-corrected chi connectivity index (χ4v) is 9.45. The number of hydrogen-bond acceptors (Lipinski definition) is 7. The lowest BCUT2D eigenvalue weighted by molar-refractivity contribution is -0.135. The Morgan fingerprint density at radius 3 is 1.82 bits per heavy atom. The molecule has 1 aliphatic carbocycles. The van der Waals surface area contributed by atoms with E-state index < -0.39 is 30.2 Å². The number of nitrogens with zero attached hydrogens (tertiary/aromatic N) is 4. The molecule has 65 heavy (non-hydrogen) atoms. The van der Waals surface area contributed by atoms with Crippen molar-refractivity contribution < 1.29 is 37.8 Å². The number of carboxylic acid groups (broad SMARTS) is 1. The van der Waals surface area contributed by atoms with Crippen molar-refractivity contribution in [3.05, 3.63) is 132 Å². The van der Waals surface area contributed by atoms with Gasteiger partial charge in [-0.2, -0.15) is 8.78 Å². The number of likely N-dealkylation sites (tertiary alicyclic amines) is 2. The summed E-state index contributed by atoms with van der Waals surface area (Å²) in [6, 6.07) is 23.8. The normalized spacial score (nSPS) is 18.2. The van der Waals surface area contributed by atoms with E-state index in [1.54, 1.807) is 76.8 Å². The number of methoxy groups -OCH3 is 1. The standard InChI is InChI=1S/C49H48F2N8O6/c1-27(2)41(57-48(64)65-3)45(60)58-21-7-11-39(58)44-53-26-38(55-44)32-18-20-34-33-19-17-31(23-35(33)49(50,51)36(34)24-32)28-13-15-29(16-14-28)37-25-52-43(54-37)40-12-8-22-59(40)46(61)42(56-47(62)63)30-9-5-4-6-10-30/h4-6,9-10,13-20,23-27,39-42,56H,7-8,11-12,21-22H2,1-3H3,(H,52,54)(H,53,55)(H,57,64)(H,62,63)/t39-,40-,41-,42+/m0/s1. The van der Waals surface area contributed by atoms with Gasteiger partial charge in [0.2, 0.25) is 5.91 Å². The third kappa shape index (κ3) is 8.08. The zero-order chi connectivity index (χ0) is 45.6. The molecule has 0 spiro atoms. The van der Waals surface area contributed by atoms with Gasteiger partial charge < -0.3 is 40.2 Å². The molecule has 4 heterocycles. The van der Waals surface area contributed by atoms with Crippen LogP contribution in [0.3, 0.4) is 0 Å². The van der Waals surface area contributed by atoms with Crippen LogP contribution >= 0.6 is 0 Å². The van der Waals surface area contributed by atoms with Gasteiger partial charge in [-0.25, -0.2) is 19.6 Å². The molecule has 2 saturated heterocycles. The summed E-state index contributed by atoms with van der Waals surface area (Å²) in [6.07, 6.45) is 4.11. The number of fused-ring (bicyclic) bond motifs is 3. The zero-order valence-corrected chi connectivity index (χ0v) is 36.0. The Kier molecular flexibility index (Phi) is 11.4. The highest BCUT2D eigenvalue weighted by Gasteiger charge is 2.45. The minimum Gasteiger partial charge on any atom is -0.465 e. The molecule has 3 aliphatic rings. The van der Waals surface area contributed by atoms with Crippen LogP contribution in [0.1, 0.15) is 86.0 Å². The van der Waals surface area contributed by atoms with Crippen LogP contribution in [0.5, 0.6) is 0 Å². The average molecular weight is 883 g/mol. The quantitative estimate of drug-likeness (QED) is 0.0854. The van der Waals surface area contributed by atoms with Crippen molar-refractivity contribution in [1.82, 2.24) is 40.4 Å². The van der Waals surface area contributed by atoms with Gasteiger partial charge in [-0.05, 0) is 77.1 Å². The van der Waals surface area contributed by atoms with E-state index in [9.17, 15) is 24.3 Å². The molecule has 2 aliphatic heterocycles. The van der Waals surface area contributed by atoms with Crippen LogP contribution in [0.4, 0.5) is 18.4 Å². The number of aromatic nitrogens is 4. The summed E-state index contributed by atoms with van der Waals surface area (Å²) < 4.78 is 37.7. The number of aromatic amines is 2. The Morgan fingerprint density at radius 1 is 0.723 bits per heavy atom. The average Bonchev–Trinajstić information content (AvgIpc) is 4.18. The SMILES string of the molecule is COC(=O)N[C@H](C(=O)N1CCC[C@H]1c1ncc(-c2ccc3c(c2)C(F)(F)c2cc(-c4ccc(-c5cnc([C@@H]6CCCN6C(=O)[C@H](NC(=O)O)c6ccccc6)[nH]5)cc4)ccc2-3)[nH]1)C(C)C. The molecule has 6 aromatic rings. The summed E-state index contributed by atoms with van der Waals surface area (Å²) in [5.41, 5.74) is 5.26. The van der Waals surface area contributed by atoms with Gasteiger partial charge >= 0.3 is 12.2 Å². The largest absolute Gasteiger partial charge is 0.465 e. The van der Waals surface area contributed by atoms with E-state index in [2.05, 4.69) is 30.6 Å². The summed E-state index contributed by atoms with van der Waals surface area (Å²) in [5, 5.41) is 14.5. The Balaban J connectivity index is 0.899. The van der Waals surface area contributed by atoms with Crippen molar-refractivity contribution in [1.29, 1.82) is 0 Å². The molecular weight excluding hydrogens is 835 g/mol. The molecular formula is C49H48F2N8O6. The van der Waals surface area contributed by atoms with Gasteiger partial charge in [0, 0.05) is 29.8 Å². The fourth-order valence-electron chi connectivity index (χ4n) is 9.45. The monoisotopic (exact) mass is 882 g/mol. The number of carbonyl (C=O) groups excluding carboxylic acids is 3. The van der Waals surface area contributed by atoms with E-state index >= 15 is 8.78 Å². The molecule has 16 heteroatoms. The summed E-state index contributed by atoms with van der Waals surface area (Å²) in [6.45, 7) is 4.64. The second kappa shape index (κ2) is 17.3. The minimum absolute atomic E-state index is 0.0844. The van der Waals surface area contributed by atoms with Crippen molar-refractivity contribution in [2.45, 2.75) is 69.6 Å².